The van der Waals surface area contributed by atoms with Crippen LogP contribution in [-0.2, 0) is 0 Å². The average Bonchev–Trinajstić information content (AvgIpc) is 2.67. The molecule has 6 heteroatoms. The molecule has 1 aliphatic heterocycles. The molecule has 1 aromatic heterocycles. The summed E-state index contributed by atoms with van der Waals surface area (Å²) in [6.45, 7) is 1.11. The molecule has 1 amide bonds. The number of rotatable bonds is 4. The van der Waals surface area contributed by atoms with Crippen molar-refractivity contribution in [3.8, 4) is 5.88 Å². The van der Waals surface area contributed by atoms with Gasteiger partial charge in [-0.15, -0.1) is 0 Å². The Balaban J connectivity index is 1.63. The predicted octanol–water partition coefficient (Wildman–Crippen LogP) is 2.82. The van der Waals surface area contributed by atoms with Gasteiger partial charge in [0.25, 0.3) is 5.91 Å². The molecule has 0 saturated carbocycles. The van der Waals surface area contributed by atoms with Gasteiger partial charge in [0, 0.05) is 19.3 Å². The number of pyridine rings is 1. The van der Waals surface area contributed by atoms with Crippen molar-refractivity contribution in [2.24, 2.45) is 5.92 Å². The number of halogens is 1. The van der Waals surface area contributed by atoms with E-state index < -0.39 is 6.10 Å². The van der Waals surface area contributed by atoms with E-state index in [-0.39, 0.29) is 17.6 Å². The van der Waals surface area contributed by atoms with Gasteiger partial charge >= 0.3 is 0 Å². The van der Waals surface area contributed by atoms with Gasteiger partial charge in [-0.3, -0.25) is 4.79 Å². The standard InChI is InChI=1S/C19H21FN2O3/c1-25-18-16(3-2-10-21-18)19(24)22-11-8-14(9-12-22)17(23)13-4-6-15(20)7-5-13/h2-7,10,14,17,23H,8-9,11-12H2,1H3/t17-/m0/s1. The molecule has 1 aromatic carbocycles. The first-order valence-corrected chi connectivity index (χ1v) is 8.32. The summed E-state index contributed by atoms with van der Waals surface area (Å²) >= 11 is 0. The number of carbonyl (C=O) groups excluding carboxylic acids is 1. The van der Waals surface area contributed by atoms with Crippen molar-refractivity contribution in [2.45, 2.75) is 18.9 Å². The smallest absolute Gasteiger partial charge is 0.259 e. The largest absolute Gasteiger partial charge is 0.480 e. The number of aliphatic hydroxyl groups is 1. The molecule has 1 N–H and O–H groups in total. The van der Waals surface area contributed by atoms with Crippen LogP contribution in [0.15, 0.2) is 42.6 Å². The molecule has 132 valence electrons. The maximum Gasteiger partial charge on any atom is 0.259 e. The van der Waals surface area contributed by atoms with Gasteiger partial charge in [0.15, 0.2) is 0 Å². The highest BCUT2D eigenvalue weighted by Gasteiger charge is 2.29. The fourth-order valence-corrected chi connectivity index (χ4v) is 3.24. The van der Waals surface area contributed by atoms with E-state index in [1.54, 1.807) is 35.4 Å². The number of amides is 1. The van der Waals surface area contributed by atoms with Crippen molar-refractivity contribution in [3.63, 3.8) is 0 Å². The lowest BCUT2D eigenvalue weighted by Crippen LogP contribution is -2.40. The van der Waals surface area contributed by atoms with Gasteiger partial charge in [0.05, 0.1) is 13.2 Å². The predicted molar refractivity (Wildman–Crippen MR) is 90.8 cm³/mol. The fraction of sp³-hybridized carbons (Fsp3) is 0.368. The normalized spacial score (nSPS) is 16.5. The van der Waals surface area contributed by atoms with E-state index >= 15 is 0 Å². The number of aromatic nitrogens is 1. The van der Waals surface area contributed by atoms with E-state index in [0.29, 0.717) is 42.9 Å². The molecule has 0 aliphatic carbocycles. The van der Waals surface area contributed by atoms with Gasteiger partial charge in [-0.2, -0.15) is 0 Å². The number of aliphatic hydroxyl groups excluding tert-OH is 1. The summed E-state index contributed by atoms with van der Waals surface area (Å²) in [4.78, 5) is 18.5. The van der Waals surface area contributed by atoms with Gasteiger partial charge in [-0.05, 0) is 48.6 Å². The Bertz CT molecular complexity index is 728. The number of hydrogen-bond donors (Lipinski definition) is 1. The SMILES string of the molecule is COc1ncccc1C(=O)N1CCC([C@@H](O)c2ccc(F)cc2)CC1. The molecule has 1 saturated heterocycles. The lowest BCUT2D eigenvalue weighted by molar-refractivity contribution is 0.0459. The summed E-state index contributed by atoms with van der Waals surface area (Å²) < 4.78 is 18.2. The first-order chi connectivity index (χ1) is 12.1. The van der Waals surface area contributed by atoms with Crippen LogP contribution in [-0.4, -0.2) is 41.1 Å². The van der Waals surface area contributed by atoms with Crippen LogP contribution in [0.25, 0.3) is 0 Å². The number of piperidine rings is 1. The second kappa shape index (κ2) is 7.61. The highest BCUT2D eigenvalue weighted by Crippen LogP contribution is 2.31. The van der Waals surface area contributed by atoms with E-state index in [0.717, 1.165) is 0 Å². The molecule has 3 rings (SSSR count). The van der Waals surface area contributed by atoms with Crippen LogP contribution < -0.4 is 4.74 Å². The number of hydrogen-bond acceptors (Lipinski definition) is 4. The highest BCUT2D eigenvalue weighted by molar-refractivity contribution is 5.96. The number of likely N-dealkylation sites (tertiary alicyclic amines) is 1. The Morgan fingerprint density at radius 3 is 2.60 bits per heavy atom. The molecular formula is C19H21FN2O3. The van der Waals surface area contributed by atoms with Crippen LogP contribution in [0.2, 0.25) is 0 Å². The number of methoxy groups -OCH3 is 1. The Morgan fingerprint density at radius 1 is 1.28 bits per heavy atom. The van der Waals surface area contributed by atoms with Crippen LogP contribution in [0.3, 0.4) is 0 Å². The van der Waals surface area contributed by atoms with Crippen LogP contribution in [0.4, 0.5) is 4.39 Å². The van der Waals surface area contributed by atoms with Gasteiger partial charge in [0.2, 0.25) is 5.88 Å². The molecular weight excluding hydrogens is 323 g/mol. The summed E-state index contributed by atoms with van der Waals surface area (Å²) in [5.74, 6) is -0.0623. The number of benzene rings is 1. The Hall–Kier alpha value is -2.47. The van der Waals surface area contributed by atoms with E-state index in [1.165, 1.54) is 19.2 Å². The minimum Gasteiger partial charge on any atom is -0.480 e. The molecule has 1 fully saturated rings. The Morgan fingerprint density at radius 2 is 1.96 bits per heavy atom. The minimum atomic E-state index is -0.647. The summed E-state index contributed by atoms with van der Waals surface area (Å²) in [6.07, 6.45) is 2.31. The second-order valence-corrected chi connectivity index (χ2v) is 6.19. The average molecular weight is 344 g/mol. The molecule has 0 radical (unpaired) electrons. The zero-order valence-electron chi connectivity index (χ0n) is 14.1. The minimum absolute atomic E-state index is 0.0466. The lowest BCUT2D eigenvalue weighted by Gasteiger charge is -2.34. The zero-order chi connectivity index (χ0) is 17.8. The topological polar surface area (TPSA) is 62.7 Å². The summed E-state index contributed by atoms with van der Waals surface area (Å²) in [5, 5.41) is 10.5. The molecule has 0 unspecified atom stereocenters. The van der Waals surface area contributed by atoms with Crippen LogP contribution in [0.1, 0.15) is 34.9 Å². The van der Waals surface area contributed by atoms with E-state index in [2.05, 4.69) is 4.98 Å². The number of ether oxygens (including phenoxy) is 1. The van der Waals surface area contributed by atoms with Gasteiger partial charge in [-0.1, -0.05) is 12.1 Å². The summed E-state index contributed by atoms with van der Waals surface area (Å²) in [6, 6.07) is 9.34. The summed E-state index contributed by atoms with van der Waals surface area (Å²) in [5.41, 5.74) is 1.16. The molecule has 5 nitrogen and oxygen atoms in total. The first kappa shape index (κ1) is 17.4. The molecule has 1 atom stereocenters. The highest BCUT2D eigenvalue weighted by atomic mass is 19.1. The molecule has 2 aromatic rings. The third-order valence-electron chi connectivity index (χ3n) is 4.68. The Labute approximate surface area is 146 Å². The van der Waals surface area contributed by atoms with Crippen molar-refractivity contribution in [3.05, 3.63) is 59.5 Å². The van der Waals surface area contributed by atoms with Gasteiger partial charge < -0.3 is 14.7 Å². The number of nitrogens with zero attached hydrogens (tertiary/aromatic N) is 2. The molecule has 25 heavy (non-hydrogen) atoms. The Kier molecular flexibility index (Phi) is 5.28. The quantitative estimate of drug-likeness (QED) is 0.926. The summed E-state index contributed by atoms with van der Waals surface area (Å²) in [7, 11) is 1.49. The molecule has 2 heterocycles. The number of carbonyl (C=O) groups is 1. The van der Waals surface area contributed by atoms with E-state index in [4.69, 9.17) is 4.74 Å². The molecule has 0 bridgehead atoms. The zero-order valence-corrected chi connectivity index (χ0v) is 14.1. The van der Waals surface area contributed by atoms with Crippen molar-refractivity contribution >= 4 is 5.91 Å². The maximum atomic E-state index is 13.0. The van der Waals surface area contributed by atoms with Crippen LogP contribution >= 0.6 is 0 Å². The van der Waals surface area contributed by atoms with E-state index in [1.807, 2.05) is 0 Å². The third kappa shape index (κ3) is 3.79. The van der Waals surface area contributed by atoms with Crippen molar-refractivity contribution < 1.29 is 19.0 Å². The molecule has 0 spiro atoms. The third-order valence-corrected chi connectivity index (χ3v) is 4.68. The van der Waals surface area contributed by atoms with Gasteiger partial charge in [0.1, 0.15) is 11.4 Å². The van der Waals surface area contributed by atoms with E-state index in [9.17, 15) is 14.3 Å². The fourth-order valence-electron chi connectivity index (χ4n) is 3.24. The van der Waals surface area contributed by atoms with Crippen LogP contribution in [0.5, 0.6) is 5.88 Å². The monoisotopic (exact) mass is 344 g/mol. The molecule has 1 aliphatic rings. The van der Waals surface area contributed by atoms with Gasteiger partial charge in [-0.25, -0.2) is 9.37 Å². The van der Waals surface area contributed by atoms with Crippen molar-refractivity contribution in [1.29, 1.82) is 0 Å². The maximum absolute atomic E-state index is 13.0. The second-order valence-electron chi connectivity index (χ2n) is 6.19. The van der Waals surface area contributed by atoms with Crippen LogP contribution in [0, 0.1) is 11.7 Å². The lowest BCUT2D eigenvalue weighted by atomic mass is 9.87. The van der Waals surface area contributed by atoms with Crippen molar-refractivity contribution in [1.82, 2.24) is 9.88 Å². The van der Waals surface area contributed by atoms with Crippen molar-refractivity contribution in [2.75, 3.05) is 20.2 Å². The first-order valence-electron chi connectivity index (χ1n) is 8.32.